The van der Waals surface area contributed by atoms with Gasteiger partial charge in [-0.25, -0.2) is 15.0 Å². The molecule has 2 heterocycles. The van der Waals surface area contributed by atoms with E-state index in [0.717, 1.165) is 71.3 Å². The van der Waals surface area contributed by atoms with Crippen LogP contribution in [0.1, 0.15) is 0 Å². The van der Waals surface area contributed by atoms with Crippen molar-refractivity contribution in [1.82, 2.24) is 15.0 Å². The molecule has 2 aromatic heterocycles. The number of hydrogen-bond donors (Lipinski definition) is 0. The Balaban J connectivity index is 1.10. The highest BCUT2D eigenvalue weighted by Crippen LogP contribution is 2.42. The Labute approximate surface area is 317 Å². The van der Waals surface area contributed by atoms with E-state index in [1.165, 1.54) is 21.9 Å². The maximum absolute atomic E-state index is 6.77. The molecule has 0 N–H and O–H groups in total. The predicted molar refractivity (Wildman–Crippen MR) is 227 cm³/mol. The highest BCUT2D eigenvalue weighted by Gasteiger charge is 2.19. The number of benzene rings is 9. The van der Waals surface area contributed by atoms with E-state index in [1.807, 2.05) is 12.1 Å². The number of fused-ring (bicyclic) bond motifs is 6. The summed E-state index contributed by atoms with van der Waals surface area (Å²) in [5, 5.41) is 8.99. The van der Waals surface area contributed by atoms with Crippen LogP contribution in [0.25, 0.3) is 111 Å². The monoisotopic (exact) mass is 701 g/mol. The van der Waals surface area contributed by atoms with Gasteiger partial charge in [0.25, 0.3) is 0 Å². The van der Waals surface area contributed by atoms with E-state index < -0.39 is 0 Å². The first kappa shape index (κ1) is 31.1. The summed E-state index contributed by atoms with van der Waals surface area (Å²) in [5.41, 5.74) is 9.02. The minimum Gasteiger partial charge on any atom is -0.455 e. The Morgan fingerprint density at radius 3 is 1.40 bits per heavy atom. The van der Waals surface area contributed by atoms with Crippen molar-refractivity contribution in [3.8, 4) is 56.4 Å². The number of aromatic nitrogens is 3. The number of furan rings is 1. The zero-order valence-electron chi connectivity index (χ0n) is 29.6. The van der Waals surface area contributed by atoms with Crippen molar-refractivity contribution >= 4 is 54.3 Å². The fourth-order valence-corrected chi connectivity index (χ4v) is 7.88. The van der Waals surface area contributed by atoms with E-state index >= 15 is 0 Å². The number of hydrogen-bond acceptors (Lipinski definition) is 4. The summed E-state index contributed by atoms with van der Waals surface area (Å²) in [6, 6.07) is 65.8. The van der Waals surface area contributed by atoms with Crippen LogP contribution in [0.15, 0.2) is 192 Å². The summed E-state index contributed by atoms with van der Waals surface area (Å²) in [5.74, 6) is 1.86. The molecule has 0 saturated carbocycles. The molecule has 0 unspecified atom stereocenters. The van der Waals surface area contributed by atoms with Gasteiger partial charge in [0.15, 0.2) is 17.5 Å². The highest BCUT2D eigenvalue weighted by atomic mass is 16.3. The van der Waals surface area contributed by atoms with Crippen molar-refractivity contribution in [1.29, 1.82) is 0 Å². The fraction of sp³-hybridized carbons (Fsp3) is 0. The molecule has 55 heavy (non-hydrogen) atoms. The summed E-state index contributed by atoms with van der Waals surface area (Å²) in [4.78, 5) is 15.3. The first-order chi connectivity index (χ1) is 27.2. The zero-order chi connectivity index (χ0) is 36.3. The zero-order valence-corrected chi connectivity index (χ0v) is 29.6. The number of nitrogens with zero attached hydrogens (tertiary/aromatic N) is 3. The topological polar surface area (TPSA) is 51.8 Å². The molecule has 9 aromatic carbocycles. The molecule has 0 saturated heterocycles. The van der Waals surface area contributed by atoms with Gasteiger partial charge in [-0.05, 0) is 85.4 Å². The Kier molecular flexibility index (Phi) is 7.14. The van der Waals surface area contributed by atoms with E-state index in [9.17, 15) is 0 Å². The quantitative estimate of drug-likeness (QED) is 0.179. The van der Waals surface area contributed by atoms with Crippen molar-refractivity contribution in [3.05, 3.63) is 188 Å². The average molecular weight is 702 g/mol. The minimum absolute atomic E-state index is 0.607. The minimum atomic E-state index is 0.607. The van der Waals surface area contributed by atoms with E-state index in [2.05, 4.69) is 176 Å². The standard InChI is InChI=1S/C51H31N3O/c1-2-10-32(11-3-1)35-18-22-36(23-19-35)47-43-17-9-8-16-39(43)30-45-44-31-42(26-27-46(44)55-48(45)47)51-53-49(40-24-20-33-12-4-6-14-37(33)28-40)52-50(54-51)41-25-21-34-13-5-7-15-38(34)29-41/h1-31H. The third-order valence-electron chi connectivity index (χ3n) is 10.7. The van der Waals surface area contributed by atoms with Crippen molar-refractivity contribution in [2.45, 2.75) is 0 Å². The molecular formula is C51H31N3O. The van der Waals surface area contributed by atoms with Gasteiger partial charge < -0.3 is 4.42 Å². The first-order valence-corrected chi connectivity index (χ1v) is 18.5. The van der Waals surface area contributed by atoms with Crippen molar-refractivity contribution in [3.63, 3.8) is 0 Å². The predicted octanol–water partition coefficient (Wildman–Crippen LogP) is 13.6. The molecule has 0 radical (unpaired) electrons. The Bertz CT molecular complexity index is 3160. The largest absolute Gasteiger partial charge is 0.455 e. The van der Waals surface area contributed by atoms with Gasteiger partial charge in [0.05, 0.1) is 0 Å². The van der Waals surface area contributed by atoms with Crippen LogP contribution >= 0.6 is 0 Å². The molecular weight excluding hydrogens is 671 g/mol. The number of rotatable bonds is 5. The molecule has 4 nitrogen and oxygen atoms in total. The van der Waals surface area contributed by atoms with Gasteiger partial charge in [-0.2, -0.15) is 0 Å². The van der Waals surface area contributed by atoms with Gasteiger partial charge in [0.2, 0.25) is 0 Å². The summed E-state index contributed by atoms with van der Waals surface area (Å²) in [7, 11) is 0. The Morgan fingerprint density at radius 1 is 0.291 bits per heavy atom. The van der Waals surface area contributed by atoms with E-state index in [1.54, 1.807) is 0 Å². The van der Waals surface area contributed by atoms with E-state index in [-0.39, 0.29) is 0 Å². The molecule has 0 aliphatic rings. The van der Waals surface area contributed by atoms with Crippen LogP contribution in [0, 0.1) is 0 Å². The van der Waals surface area contributed by atoms with Crippen LogP contribution in [0.2, 0.25) is 0 Å². The Hall–Kier alpha value is -7.43. The van der Waals surface area contributed by atoms with Gasteiger partial charge in [-0.1, -0.05) is 152 Å². The molecule has 0 atom stereocenters. The third kappa shape index (κ3) is 5.43. The van der Waals surface area contributed by atoms with Crippen LogP contribution in [0.3, 0.4) is 0 Å². The summed E-state index contributed by atoms with van der Waals surface area (Å²) >= 11 is 0. The van der Waals surface area contributed by atoms with E-state index in [4.69, 9.17) is 19.4 Å². The summed E-state index contributed by atoms with van der Waals surface area (Å²) in [6.45, 7) is 0. The Morgan fingerprint density at radius 2 is 0.764 bits per heavy atom. The molecule has 0 aliphatic heterocycles. The van der Waals surface area contributed by atoms with Crippen LogP contribution < -0.4 is 0 Å². The van der Waals surface area contributed by atoms with Gasteiger partial charge >= 0.3 is 0 Å². The lowest BCUT2D eigenvalue weighted by molar-refractivity contribution is 0.670. The van der Waals surface area contributed by atoms with Gasteiger partial charge in [0.1, 0.15) is 11.2 Å². The highest BCUT2D eigenvalue weighted by molar-refractivity contribution is 6.18. The SMILES string of the molecule is c1ccc(-c2ccc(-c3c4ccccc4cc4c3oc3ccc(-c5nc(-c6ccc7ccccc7c6)nc(-c6ccc7ccccc7c6)n5)cc34)cc2)cc1. The van der Waals surface area contributed by atoms with Crippen molar-refractivity contribution in [2.24, 2.45) is 0 Å². The van der Waals surface area contributed by atoms with Crippen molar-refractivity contribution < 1.29 is 4.42 Å². The second-order valence-electron chi connectivity index (χ2n) is 14.0. The second-order valence-corrected chi connectivity index (χ2v) is 14.0. The van der Waals surface area contributed by atoms with Gasteiger partial charge in [-0.3, -0.25) is 0 Å². The molecule has 0 amide bonds. The summed E-state index contributed by atoms with van der Waals surface area (Å²) < 4.78 is 6.77. The molecule has 0 bridgehead atoms. The van der Waals surface area contributed by atoms with E-state index in [0.29, 0.717) is 17.5 Å². The lowest BCUT2D eigenvalue weighted by atomic mass is 9.93. The maximum atomic E-state index is 6.77. The molecule has 11 aromatic rings. The van der Waals surface area contributed by atoms with Gasteiger partial charge in [0, 0.05) is 33.0 Å². The maximum Gasteiger partial charge on any atom is 0.164 e. The lowest BCUT2D eigenvalue weighted by Crippen LogP contribution is -2.00. The molecule has 256 valence electrons. The first-order valence-electron chi connectivity index (χ1n) is 18.5. The van der Waals surface area contributed by atoms with Gasteiger partial charge in [-0.15, -0.1) is 0 Å². The second kappa shape index (κ2) is 12.6. The molecule has 0 aliphatic carbocycles. The summed E-state index contributed by atoms with van der Waals surface area (Å²) in [6.07, 6.45) is 0. The molecule has 0 spiro atoms. The normalized spacial score (nSPS) is 11.6. The molecule has 0 fully saturated rings. The van der Waals surface area contributed by atoms with Crippen LogP contribution in [-0.2, 0) is 0 Å². The van der Waals surface area contributed by atoms with Crippen LogP contribution in [-0.4, -0.2) is 15.0 Å². The molecule has 4 heteroatoms. The van der Waals surface area contributed by atoms with Crippen molar-refractivity contribution in [2.75, 3.05) is 0 Å². The lowest BCUT2D eigenvalue weighted by Gasteiger charge is -2.10. The molecule has 11 rings (SSSR count). The smallest absolute Gasteiger partial charge is 0.164 e. The third-order valence-corrected chi connectivity index (χ3v) is 10.7. The van der Waals surface area contributed by atoms with Crippen LogP contribution in [0.4, 0.5) is 0 Å². The average Bonchev–Trinajstić information content (AvgIpc) is 3.62. The fourth-order valence-electron chi connectivity index (χ4n) is 7.88. The van der Waals surface area contributed by atoms with Crippen LogP contribution in [0.5, 0.6) is 0 Å².